The standard InChI is InChI=1S/C14H14BrIS/c1-9-3-4-11(5-10(9)2)6-13(15)12-7-14(16)17-8-12/h3-5,7-8,13H,6H2,1-2H3. The van der Waals surface area contributed by atoms with Crippen molar-refractivity contribution in [1.29, 1.82) is 0 Å². The van der Waals surface area contributed by atoms with E-state index >= 15 is 0 Å². The number of rotatable bonds is 3. The van der Waals surface area contributed by atoms with Gasteiger partial charge in [0, 0.05) is 4.83 Å². The molecule has 1 atom stereocenters. The van der Waals surface area contributed by atoms with Gasteiger partial charge in [0.05, 0.1) is 2.88 Å². The Kier molecular flexibility index (Phi) is 4.66. The number of hydrogen-bond donors (Lipinski definition) is 0. The van der Waals surface area contributed by atoms with E-state index < -0.39 is 0 Å². The molecular weight excluding hydrogens is 407 g/mol. The molecule has 0 nitrogen and oxygen atoms in total. The third kappa shape index (κ3) is 3.55. The Hall–Kier alpha value is 0.130. The van der Waals surface area contributed by atoms with Gasteiger partial charge >= 0.3 is 0 Å². The number of hydrogen-bond acceptors (Lipinski definition) is 1. The zero-order valence-corrected chi connectivity index (χ0v) is 14.4. The lowest BCUT2D eigenvalue weighted by Crippen LogP contribution is -1.95. The molecule has 0 saturated heterocycles. The highest BCUT2D eigenvalue weighted by Gasteiger charge is 2.10. The molecule has 0 aliphatic rings. The first-order valence-electron chi connectivity index (χ1n) is 5.50. The second-order valence-corrected chi connectivity index (χ2v) is 8.19. The van der Waals surface area contributed by atoms with E-state index in [-0.39, 0.29) is 0 Å². The lowest BCUT2D eigenvalue weighted by Gasteiger charge is -2.10. The van der Waals surface area contributed by atoms with Crippen molar-refractivity contribution in [3.63, 3.8) is 0 Å². The Bertz CT molecular complexity index is 519. The minimum atomic E-state index is 0.421. The van der Waals surface area contributed by atoms with Gasteiger partial charge in [-0.25, -0.2) is 0 Å². The highest BCUT2D eigenvalue weighted by molar-refractivity contribution is 14.1. The van der Waals surface area contributed by atoms with E-state index in [1.165, 1.54) is 25.1 Å². The quantitative estimate of drug-likeness (QED) is 0.444. The van der Waals surface area contributed by atoms with Crippen molar-refractivity contribution in [3.8, 4) is 0 Å². The minimum Gasteiger partial charge on any atom is -0.137 e. The van der Waals surface area contributed by atoms with E-state index in [1.54, 1.807) is 11.3 Å². The monoisotopic (exact) mass is 420 g/mol. The fourth-order valence-corrected chi connectivity index (χ4v) is 3.98. The molecule has 0 saturated carbocycles. The van der Waals surface area contributed by atoms with Crippen LogP contribution in [0.15, 0.2) is 29.6 Å². The molecule has 2 aromatic rings. The van der Waals surface area contributed by atoms with E-state index in [4.69, 9.17) is 0 Å². The highest BCUT2D eigenvalue weighted by Crippen LogP contribution is 2.31. The van der Waals surface area contributed by atoms with Gasteiger partial charge in [-0.15, -0.1) is 11.3 Å². The fraction of sp³-hybridized carbons (Fsp3) is 0.286. The molecule has 0 radical (unpaired) electrons. The van der Waals surface area contributed by atoms with Crippen molar-refractivity contribution in [3.05, 3.63) is 54.8 Å². The number of benzene rings is 1. The molecule has 1 aromatic heterocycles. The van der Waals surface area contributed by atoms with Crippen molar-refractivity contribution < 1.29 is 0 Å². The summed E-state index contributed by atoms with van der Waals surface area (Å²) in [5.41, 5.74) is 5.53. The SMILES string of the molecule is Cc1ccc(CC(Br)c2csc(I)c2)cc1C. The Morgan fingerprint density at radius 2 is 2.00 bits per heavy atom. The van der Waals surface area contributed by atoms with Crippen LogP contribution in [0, 0.1) is 16.7 Å². The van der Waals surface area contributed by atoms with Crippen LogP contribution in [0.25, 0.3) is 0 Å². The molecule has 0 aliphatic heterocycles. The van der Waals surface area contributed by atoms with Gasteiger partial charge in [0.25, 0.3) is 0 Å². The zero-order valence-electron chi connectivity index (χ0n) is 9.84. The van der Waals surface area contributed by atoms with Crippen LogP contribution < -0.4 is 0 Å². The van der Waals surface area contributed by atoms with Gasteiger partial charge in [0.2, 0.25) is 0 Å². The first kappa shape index (κ1) is 13.6. The van der Waals surface area contributed by atoms with Crippen LogP contribution in [-0.2, 0) is 6.42 Å². The van der Waals surface area contributed by atoms with Crippen LogP contribution >= 0.6 is 49.9 Å². The molecule has 1 unspecified atom stereocenters. The van der Waals surface area contributed by atoms with E-state index in [2.05, 4.69) is 82.0 Å². The number of halogens is 2. The van der Waals surface area contributed by atoms with Crippen LogP contribution in [0.5, 0.6) is 0 Å². The van der Waals surface area contributed by atoms with Crippen LogP contribution in [0.2, 0.25) is 0 Å². The summed E-state index contributed by atoms with van der Waals surface area (Å²) in [5, 5.41) is 2.24. The minimum absolute atomic E-state index is 0.421. The van der Waals surface area contributed by atoms with Crippen molar-refractivity contribution in [2.45, 2.75) is 25.1 Å². The van der Waals surface area contributed by atoms with E-state index in [1.807, 2.05) is 0 Å². The van der Waals surface area contributed by atoms with Crippen molar-refractivity contribution in [2.24, 2.45) is 0 Å². The summed E-state index contributed by atoms with van der Waals surface area (Å²) < 4.78 is 1.35. The van der Waals surface area contributed by atoms with Crippen LogP contribution in [0.1, 0.15) is 27.1 Å². The molecule has 0 bridgehead atoms. The van der Waals surface area contributed by atoms with Crippen molar-refractivity contribution in [2.75, 3.05) is 0 Å². The van der Waals surface area contributed by atoms with E-state index in [0.717, 1.165) is 6.42 Å². The smallest absolute Gasteiger partial charge is 0.0656 e. The zero-order chi connectivity index (χ0) is 12.4. The van der Waals surface area contributed by atoms with Gasteiger partial charge in [0.15, 0.2) is 0 Å². The lowest BCUT2D eigenvalue weighted by atomic mass is 10.0. The first-order chi connectivity index (χ1) is 8.06. The molecule has 0 aliphatic carbocycles. The summed E-state index contributed by atoms with van der Waals surface area (Å²) in [4.78, 5) is 0.421. The second kappa shape index (κ2) is 5.85. The predicted molar refractivity (Wildman–Crippen MR) is 88.3 cm³/mol. The van der Waals surface area contributed by atoms with Gasteiger partial charge < -0.3 is 0 Å². The van der Waals surface area contributed by atoms with E-state index in [9.17, 15) is 0 Å². The molecule has 0 N–H and O–H groups in total. The average molecular weight is 421 g/mol. The first-order valence-corrected chi connectivity index (χ1v) is 8.38. The van der Waals surface area contributed by atoms with Gasteiger partial charge in [-0.3, -0.25) is 0 Å². The molecule has 1 aromatic carbocycles. The number of alkyl halides is 1. The molecule has 0 amide bonds. The maximum Gasteiger partial charge on any atom is 0.0656 e. The van der Waals surface area contributed by atoms with Gasteiger partial charge in [-0.05, 0) is 76.6 Å². The molecule has 0 spiro atoms. The third-order valence-corrected chi connectivity index (χ3v) is 5.60. The number of aryl methyl sites for hydroxylation is 2. The van der Waals surface area contributed by atoms with Gasteiger partial charge in [-0.2, -0.15) is 0 Å². The topological polar surface area (TPSA) is 0 Å². The summed E-state index contributed by atoms with van der Waals surface area (Å²) >= 11 is 7.96. The predicted octanol–water partition coefficient (Wildman–Crippen LogP) is 5.65. The van der Waals surface area contributed by atoms with Crippen LogP contribution in [0.4, 0.5) is 0 Å². The maximum absolute atomic E-state index is 3.78. The largest absolute Gasteiger partial charge is 0.137 e. The molecule has 1 heterocycles. The third-order valence-electron chi connectivity index (χ3n) is 2.94. The Balaban J connectivity index is 2.12. The van der Waals surface area contributed by atoms with Crippen LogP contribution in [0.3, 0.4) is 0 Å². The van der Waals surface area contributed by atoms with Crippen molar-refractivity contribution in [1.82, 2.24) is 0 Å². The molecular formula is C14H14BrIS. The summed E-state index contributed by atoms with van der Waals surface area (Å²) in [6, 6.07) is 8.99. The molecule has 0 fully saturated rings. The van der Waals surface area contributed by atoms with Crippen LogP contribution in [-0.4, -0.2) is 0 Å². The average Bonchev–Trinajstić information content (AvgIpc) is 2.70. The van der Waals surface area contributed by atoms with E-state index in [0.29, 0.717) is 4.83 Å². The van der Waals surface area contributed by atoms with Gasteiger partial charge in [-0.1, -0.05) is 34.1 Å². The highest BCUT2D eigenvalue weighted by atomic mass is 127. The van der Waals surface area contributed by atoms with Gasteiger partial charge in [0.1, 0.15) is 0 Å². The Morgan fingerprint density at radius 3 is 2.59 bits per heavy atom. The lowest BCUT2D eigenvalue weighted by molar-refractivity contribution is 0.950. The molecule has 90 valence electrons. The summed E-state index contributed by atoms with van der Waals surface area (Å²) in [6.45, 7) is 4.33. The second-order valence-electron chi connectivity index (χ2n) is 4.27. The normalized spacial score (nSPS) is 12.7. The maximum atomic E-state index is 3.78. The Morgan fingerprint density at radius 1 is 1.24 bits per heavy atom. The number of thiophene rings is 1. The molecule has 2 rings (SSSR count). The molecule has 17 heavy (non-hydrogen) atoms. The Labute approximate surface area is 129 Å². The fourth-order valence-electron chi connectivity index (χ4n) is 1.74. The summed E-state index contributed by atoms with van der Waals surface area (Å²) in [5.74, 6) is 0. The summed E-state index contributed by atoms with van der Waals surface area (Å²) in [6.07, 6.45) is 1.05. The molecule has 3 heteroatoms. The van der Waals surface area contributed by atoms with Crippen molar-refractivity contribution >= 4 is 49.9 Å². The summed E-state index contributed by atoms with van der Waals surface area (Å²) in [7, 11) is 0.